The molecule has 1 aliphatic rings. The number of rotatable bonds is 4. The summed E-state index contributed by atoms with van der Waals surface area (Å²) in [6.45, 7) is 0. The van der Waals surface area contributed by atoms with Crippen LogP contribution in [0.25, 0.3) is 5.57 Å². The maximum absolute atomic E-state index is 12.2. The number of hydrogen-bond donors (Lipinski definition) is 0. The van der Waals surface area contributed by atoms with E-state index < -0.39 is 0 Å². The Balaban J connectivity index is 1.61. The molecule has 1 aliphatic carbocycles. The fourth-order valence-corrected chi connectivity index (χ4v) is 2.88. The predicted octanol–water partition coefficient (Wildman–Crippen LogP) is 4.54. The lowest BCUT2D eigenvalue weighted by Crippen LogP contribution is -2.12. The van der Waals surface area contributed by atoms with Crippen molar-refractivity contribution < 1.29 is 4.79 Å². The minimum absolute atomic E-state index is 0.164. The maximum atomic E-state index is 12.2. The van der Waals surface area contributed by atoms with Gasteiger partial charge in [0.15, 0.2) is 5.78 Å². The number of benzene rings is 1. The monoisotopic (exact) mass is 277 g/mol. The van der Waals surface area contributed by atoms with E-state index in [1.807, 2.05) is 18.2 Å². The predicted molar refractivity (Wildman–Crippen MR) is 84.9 cm³/mol. The fraction of sp³-hybridized carbons (Fsp3) is 0.263. The van der Waals surface area contributed by atoms with E-state index in [0.29, 0.717) is 18.0 Å². The van der Waals surface area contributed by atoms with Crippen molar-refractivity contribution in [2.24, 2.45) is 5.92 Å². The molecular formula is C19H19NO. The van der Waals surface area contributed by atoms with Gasteiger partial charge in [0.25, 0.3) is 0 Å². The average Bonchev–Trinajstić information content (AvgIpc) is 2.57. The van der Waals surface area contributed by atoms with Crippen LogP contribution < -0.4 is 0 Å². The summed E-state index contributed by atoms with van der Waals surface area (Å²) in [5, 5.41) is 0. The molecular weight excluding hydrogens is 258 g/mol. The number of pyridine rings is 1. The normalized spacial score (nSPS) is 18.1. The number of Topliss-reactive ketones (excluding diaryl/α,β-unsaturated/α-hetero) is 1. The van der Waals surface area contributed by atoms with Crippen LogP contribution in [0.2, 0.25) is 0 Å². The average molecular weight is 277 g/mol. The molecule has 0 bridgehead atoms. The van der Waals surface area contributed by atoms with Crippen molar-refractivity contribution in [1.29, 1.82) is 0 Å². The Morgan fingerprint density at radius 1 is 1.10 bits per heavy atom. The summed E-state index contributed by atoms with van der Waals surface area (Å²) in [6, 6.07) is 16.0. The zero-order valence-electron chi connectivity index (χ0n) is 12.0. The molecule has 0 fully saturated rings. The lowest BCUT2D eigenvalue weighted by atomic mass is 9.83. The second-order valence-corrected chi connectivity index (χ2v) is 5.58. The number of ketones is 1. The van der Waals surface area contributed by atoms with Crippen molar-refractivity contribution >= 4 is 11.4 Å². The molecule has 0 aliphatic heterocycles. The van der Waals surface area contributed by atoms with Gasteiger partial charge in [-0.1, -0.05) is 42.5 Å². The van der Waals surface area contributed by atoms with Gasteiger partial charge in [-0.15, -0.1) is 0 Å². The largest absolute Gasteiger partial charge is 0.292 e. The van der Waals surface area contributed by atoms with E-state index in [1.54, 1.807) is 12.3 Å². The van der Waals surface area contributed by atoms with Crippen molar-refractivity contribution in [2.45, 2.75) is 25.7 Å². The number of nitrogens with zero attached hydrogens (tertiary/aromatic N) is 1. The second-order valence-electron chi connectivity index (χ2n) is 5.58. The first kappa shape index (κ1) is 13.7. The van der Waals surface area contributed by atoms with E-state index >= 15 is 0 Å². The van der Waals surface area contributed by atoms with Gasteiger partial charge in [0.1, 0.15) is 5.69 Å². The molecule has 3 rings (SSSR count). The third-order valence-electron chi connectivity index (χ3n) is 4.09. The van der Waals surface area contributed by atoms with Crippen LogP contribution in [0.3, 0.4) is 0 Å². The van der Waals surface area contributed by atoms with Crippen LogP contribution in [0.4, 0.5) is 0 Å². The van der Waals surface area contributed by atoms with Crippen LogP contribution in [0.15, 0.2) is 60.8 Å². The third kappa shape index (κ3) is 3.46. The van der Waals surface area contributed by atoms with Crippen molar-refractivity contribution in [3.63, 3.8) is 0 Å². The Morgan fingerprint density at radius 2 is 1.90 bits per heavy atom. The highest BCUT2D eigenvalue weighted by Crippen LogP contribution is 2.32. The molecule has 0 radical (unpaired) electrons. The van der Waals surface area contributed by atoms with Gasteiger partial charge >= 0.3 is 0 Å². The summed E-state index contributed by atoms with van der Waals surface area (Å²) in [4.78, 5) is 16.3. The van der Waals surface area contributed by atoms with E-state index in [0.717, 1.165) is 19.3 Å². The second kappa shape index (κ2) is 6.49. The first-order valence-electron chi connectivity index (χ1n) is 7.51. The summed E-state index contributed by atoms with van der Waals surface area (Å²) in [5.74, 6) is 0.615. The van der Waals surface area contributed by atoms with Crippen LogP contribution in [0, 0.1) is 5.92 Å². The molecule has 0 N–H and O–H groups in total. The summed E-state index contributed by atoms with van der Waals surface area (Å²) in [6.07, 6.45) is 7.72. The number of carbonyl (C=O) groups excluding carboxylic acids is 1. The number of hydrogen-bond acceptors (Lipinski definition) is 2. The first-order valence-corrected chi connectivity index (χ1v) is 7.51. The number of aromatic nitrogens is 1. The third-order valence-corrected chi connectivity index (χ3v) is 4.09. The Labute approximate surface area is 125 Å². The molecule has 1 aromatic heterocycles. The Morgan fingerprint density at radius 3 is 2.57 bits per heavy atom. The Hall–Kier alpha value is -2.22. The molecule has 0 amide bonds. The standard InChI is InChI=1S/C19H19NO/c21-19(18-8-4-5-13-20-18)14-15-9-11-17(12-10-15)16-6-2-1-3-7-16/h1-8,11,13,15H,9-10,12,14H2. The molecule has 1 unspecified atom stereocenters. The van der Waals surface area contributed by atoms with Gasteiger partial charge in [0.05, 0.1) is 0 Å². The Kier molecular flexibility index (Phi) is 4.25. The van der Waals surface area contributed by atoms with Crippen LogP contribution in [0.5, 0.6) is 0 Å². The van der Waals surface area contributed by atoms with Crippen molar-refractivity contribution in [2.75, 3.05) is 0 Å². The highest BCUT2D eigenvalue weighted by Gasteiger charge is 2.19. The zero-order valence-corrected chi connectivity index (χ0v) is 12.0. The molecule has 106 valence electrons. The first-order chi connectivity index (χ1) is 10.3. The summed E-state index contributed by atoms with van der Waals surface area (Å²) < 4.78 is 0. The van der Waals surface area contributed by atoms with Crippen LogP contribution in [0.1, 0.15) is 41.7 Å². The lowest BCUT2D eigenvalue weighted by molar-refractivity contribution is 0.0954. The van der Waals surface area contributed by atoms with E-state index in [4.69, 9.17) is 0 Å². The van der Waals surface area contributed by atoms with Crippen LogP contribution in [-0.2, 0) is 0 Å². The fourth-order valence-electron chi connectivity index (χ4n) is 2.88. The highest BCUT2D eigenvalue weighted by molar-refractivity contribution is 5.94. The molecule has 1 atom stereocenters. The van der Waals surface area contributed by atoms with Crippen molar-refractivity contribution in [1.82, 2.24) is 4.98 Å². The molecule has 0 saturated carbocycles. The van der Waals surface area contributed by atoms with E-state index in [-0.39, 0.29) is 5.78 Å². The van der Waals surface area contributed by atoms with Gasteiger partial charge in [-0.2, -0.15) is 0 Å². The van der Waals surface area contributed by atoms with Gasteiger partial charge in [0.2, 0.25) is 0 Å². The minimum Gasteiger partial charge on any atom is -0.292 e. The molecule has 0 saturated heterocycles. The lowest BCUT2D eigenvalue weighted by Gasteiger charge is -2.21. The zero-order chi connectivity index (χ0) is 14.5. The van der Waals surface area contributed by atoms with Crippen molar-refractivity contribution in [3.05, 3.63) is 72.1 Å². The van der Waals surface area contributed by atoms with Gasteiger partial charge in [-0.3, -0.25) is 9.78 Å². The van der Waals surface area contributed by atoms with Gasteiger partial charge < -0.3 is 0 Å². The maximum Gasteiger partial charge on any atom is 0.181 e. The highest BCUT2D eigenvalue weighted by atomic mass is 16.1. The molecule has 1 heterocycles. The van der Waals surface area contributed by atoms with Crippen LogP contribution in [-0.4, -0.2) is 10.8 Å². The quantitative estimate of drug-likeness (QED) is 0.768. The van der Waals surface area contributed by atoms with Gasteiger partial charge in [-0.05, 0) is 48.4 Å². The summed E-state index contributed by atoms with van der Waals surface area (Å²) >= 11 is 0. The van der Waals surface area contributed by atoms with Crippen molar-refractivity contribution in [3.8, 4) is 0 Å². The number of carbonyl (C=O) groups is 1. The summed E-state index contributed by atoms with van der Waals surface area (Å²) in [5.41, 5.74) is 3.32. The molecule has 2 heteroatoms. The molecule has 21 heavy (non-hydrogen) atoms. The van der Waals surface area contributed by atoms with Gasteiger partial charge in [0, 0.05) is 12.6 Å². The van der Waals surface area contributed by atoms with Gasteiger partial charge in [-0.25, -0.2) is 0 Å². The molecule has 2 nitrogen and oxygen atoms in total. The van der Waals surface area contributed by atoms with E-state index in [2.05, 4.69) is 35.3 Å². The summed E-state index contributed by atoms with van der Waals surface area (Å²) in [7, 11) is 0. The van der Waals surface area contributed by atoms with E-state index in [9.17, 15) is 4.79 Å². The molecule has 0 spiro atoms. The Bertz CT molecular complexity index is 631. The SMILES string of the molecule is O=C(CC1CC=C(c2ccccc2)CC1)c1ccccn1. The number of allylic oxidation sites excluding steroid dienone is 2. The van der Waals surface area contributed by atoms with Crippen LogP contribution >= 0.6 is 0 Å². The smallest absolute Gasteiger partial charge is 0.181 e. The molecule has 1 aromatic carbocycles. The van der Waals surface area contributed by atoms with E-state index in [1.165, 1.54) is 11.1 Å². The topological polar surface area (TPSA) is 30.0 Å². The molecule has 2 aromatic rings. The minimum atomic E-state index is 0.164.